The molecule has 4 aromatic carbocycles. The van der Waals surface area contributed by atoms with Crippen molar-refractivity contribution in [2.45, 2.75) is 78.2 Å². The molecule has 51 heavy (non-hydrogen) atoms. The SMILES string of the molecule is COC(=O)CC1(C(C)C)Oc2cc3c4cc5c(cc4c4cc6c(cc4c3cc2O1)OC(CC(=O)OC)(C(C)C)O6)OC(CC(=O)OC)(C(C)C)O5. The first-order valence-electron chi connectivity index (χ1n) is 17.1. The number of rotatable bonds is 9. The summed E-state index contributed by atoms with van der Waals surface area (Å²) in [5, 5.41) is 4.85. The fourth-order valence-corrected chi connectivity index (χ4v) is 7.03. The van der Waals surface area contributed by atoms with Gasteiger partial charge < -0.3 is 42.6 Å². The highest BCUT2D eigenvalue weighted by atomic mass is 16.7. The molecule has 0 saturated heterocycles. The molecule has 7 rings (SSSR count). The van der Waals surface area contributed by atoms with Gasteiger partial charge in [0.05, 0.1) is 21.3 Å². The van der Waals surface area contributed by atoms with Gasteiger partial charge in [-0.05, 0) is 68.7 Å². The van der Waals surface area contributed by atoms with Crippen LogP contribution >= 0.6 is 0 Å². The van der Waals surface area contributed by atoms with Crippen molar-refractivity contribution < 1.29 is 57.0 Å². The van der Waals surface area contributed by atoms with E-state index in [4.69, 9.17) is 42.6 Å². The number of fused-ring (bicyclic) bond motifs is 9. The van der Waals surface area contributed by atoms with Crippen LogP contribution in [0.15, 0.2) is 36.4 Å². The Bertz CT molecular complexity index is 1740. The molecule has 0 aromatic heterocycles. The second-order valence-electron chi connectivity index (χ2n) is 14.3. The van der Waals surface area contributed by atoms with E-state index >= 15 is 0 Å². The van der Waals surface area contributed by atoms with Gasteiger partial charge in [-0.2, -0.15) is 0 Å². The number of carbonyl (C=O) groups is 3. The van der Waals surface area contributed by atoms with Crippen molar-refractivity contribution in [2.24, 2.45) is 17.8 Å². The molecule has 0 fully saturated rings. The first-order chi connectivity index (χ1) is 24.2. The second kappa shape index (κ2) is 12.0. The van der Waals surface area contributed by atoms with Crippen LogP contribution in [0.25, 0.3) is 32.3 Å². The van der Waals surface area contributed by atoms with Gasteiger partial charge >= 0.3 is 17.9 Å². The van der Waals surface area contributed by atoms with Crippen LogP contribution in [0.3, 0.4) is 0 Å². The first kappa shape index (κ1) is 34.3. The molecule has 4 aromatic rings. The van der Waals surface area contributed by atoms with Gasteiger partial charge in [-0.25, -0.2) is 0 Å². The van der Waals surface area contributed by atoms with Crippen LogP contribution < -0.4 is 28.4 Å². The highest BCUT2D eigenvalue weighted by Gasteiger charge is 2.50. The van der Waals surface area contributed by atoms with E-state index in [-0.39, 0.29) is 37.0 Å². The predicted octanol–water partition coefficient (Wildman–Crippen LogP) is 7.21. The highest BCUT2D eigenvalue weighted by Crippen LogP contribution is 2.54. The molecule has 3 aliphatic rings. The van der Waals surface area contributed by atoms with E-state index in [0.29, 0.717) is 34.5 Å². The maximum absolute atomic E-state index is 12.5. The standard InChI is InChI=1S/C39H42O12/c1-19(2)37(16-34(40)43-7)46-28-10-22-23(11-29(28)47-37)25-13-31-33(51-39(49-31,21(5)6)18-36(42)45-9)15-27(25)26-14-32-30(12-24(22)26)48-38(50-32,20(3)4)17-35(41)44-8/h10-15,19-21H,16-18H2,1-9H3. The lowest BCUT2D eigenvalue weighted by Gasteiger charge is -2.30. The van der Waals surface area contributed by atoms with Gasteiger partial charge in [0, 0.05) is 17.8 Å². The van der Waals surface area contributed by atoms with Crippen molar-refractivity contribution in [3.05, 3.63) is 36.4 Å². The van der Waals surface area contributed by atoms with Gasteiger partial charge in [0.15, 0.2) is 34.5 Å². The minimum atomic E-state index is -1.27. The number of carbonyl (C=O) groups excluding carboxylic acids is 3. The highest BCUT2D eigenvalue weighted by molar-refractivity contribution is 6.27. The quantitative estimate of drug-likeness (QED) is 0.0991. The molecule has 0 amide bonds. The van der Waals surface area contributed by atoms with Crippen LogP contribution in [0.2, 0.25) is 0 Å². The number of hydrogen-bond acceptors (Lipinski definition) is 12. The average molecular weight is 703 g/mol. The summed E-state index contributed by atoms with van der Waals surface area (Å²) in [6.07, 6.45) is -0.333. The number of methoxy groups -OCH3 is 3. The Labute approximate surface area is 295 Å². The lowest BCUT2D eigenvalue weighted by molar-refractivity contribution is -0.165. The van der Waals surface area contributed by atoms with Crippen LogP contribution in [0, 0.1) is 17.8 Å². The van der Waals surface area contributed by atoms with Gasteiger partial charge in [-0.1, -0.05) is 41.5 Å². The molecule has 12 nitrogen and oxygen atoms in total. The predicted molar refractivity (Wildman–Crippen MR) is 185 cm³/mol. The zero-order chi connectivity index (χ0) is 36.6. The molecule has 3 heterocycles. The van der Waals surface area contributed by atoms with E-state index in [1.165, 1.54) is 21.3 Å². The largest absolute Gasteiger partial charge is 0.469 e. The first-order valence-corrected chi connectivity index (χ1v) is 17.1. The third kappa shape index (κ3) is 5.37. The van der Waals surface area contributed by atoms with E-state index in [1.54, 1.807) is 0 Å². The summed E-state index contributed by atoms with van der Waals surface area (Å²) >= 11 is 0. The van der Waals surface area contributed by atoms with E-state index in [9.17, 15) is 14.4 Å². The summed E-state index contributed by atoms with van der Waals surface area (Å²) < 4.78 is 53.8. The number of hydrogen-bond donors (Lipinski definition) is 0. The average Bonchev–Trinajstić information content (AvgIpc) is 3.77. The smallest absolute Gasteiger partial charge is 0.313 e. The van der Waals surface area contributed by atoms with E-state index < -0.39 is 35.3 Å². The molecule has 270 valence electrons. The van der Waals surface area contributed by atoms with Crippen LogP contribution in [-0.2, 0) is 28.6 Å². The van der Waals surface area contributed by atoms with Crippen LogP contribution in [0.1, 0.15) is 60.8 Å². The molecule has 0 unspecified atom stereocenters. The molecule has 0 radical (unpaired) electrons. The van der Waals surface area contributed by atoms with Crippen LogP contribution in [-0.4, -0.2) is 56.6 Å². The van der Waals surface area contributed by atoms with Crippen LogP contribution in [0.4, 0.5) is 0 Å². The molecule has 12 heteroatoms. The molecular weight excluding hydrogens is 660 g/mol. The Kier molecular flexibility index (Phi) is 8.07. The van der Waals surface area contributed by atoms with Crippen LogP contribution in [0.5, 0.6) is 34.5 Å². The van der Waals surface area contributed by atoms with Crippen molar-refractivity contribution in [3.63, 3.8) is 0 Å². The number of benzene rings is 4. The second-order valence-corrected chi connectivity index (χ2v) is 14.3. The summed E-state index contributed by atoms with van der Waals surface area (Å²) in [5.74, 6) is -3.00. The van der Waals surface area contributed by atoms with Gasteiger partial charge in [0.2, 0.25) is 0 Å². The summed E-state index contributed by atoms with van der Waals surface area (Å²) in [6.45, 7) is 11.5. The third-order valence-electron chi connectivity index (χ3n) is 10.3. The summed E-state index contributed by atoms with van der Waals surface area (Å²) in [5.41, 5.74) is 0. The van der Waals surface area contributed by atoms with E-state index in [0.717, 1.165) is 32.3 Å². The summed E-state index contributed by atoms with van der Waals surface area (Å²) in [7, 11) is 3.99. The number of ether oxygens (including phenoxy) is 9. The van der Waals surface area contributed by atoms with Gasteiger partial charge in [-0.15, -0.1) is 0 Å². The van der Waals surface area contributed by atoms with Crippen molar-refractivity contribution in [2.75, 3.05) is 21.3 Å². The topological polar surface area (TPSA) is 134 Å². The zero-order valence-electron chi connectivity index (χ0n) is 30.2. The molecule has 0 aliphatic carbocycles. The minimum Gasteiger partial charge on any atom is -0.469 e. The summed E-state index contributed by atoms with van der Waals surface area (Å²) in [4.78, 5) is 37.5. The Morgan fingerprint density at radius 1 is 0.431 bits per heavy atom. The lowest BCUT2D eigenvalue weighted by atomic mass is 9.93. The maximum Gasteiger partial charge on any atom is 0.313 e. The normalized spacial score (nSPS) is 22.8. The van der Waals surface area contributed by atoms with E-state index in [2.05, 4.69) is 0 Å². The molecule has 0 atom stereocenters. The molecule has 0 spiro atoms. The molecular formula is C39H42O12. The van der Waals surface area contributed by atoms with Crippen molar-refractivity contribution in [1.82, 2.24) is 0 Å². The fraction of sp³-hybridized carbons (Fsp3) is 0.462. The molecule has 0 saturated carbocycles. The Balaban J connectivity index is 1.47. The zero-order valence-corrected chi connectivity index (χ0v) is 30.2. The molecule has 0 N–H and O–H groups in total. The van der Waals surface area contributed by atoms with Crippen molar-refractivity contribution in [3.8, 4) is 34.5 Å². The minimum absolute atomic E-state index is 0.111. The molecule has 3 aliphatic heterocycles. The fourth-order valence-electron chi connectivity index (χ4n) is 7.03. The maximum atomic E-state index is 12.5. The molecule has 0 bridgehead atoms. The third-order valence-corrected chi connectivity index (χ3v) is 10.3. The van der Waals surface area contributed by atoms with Gasteiger partial charge in [0.1, 0.15) is 19.3 Å². The number of esters is 3. The van der Waals surface area contributed by atoms with Gasteiger partial charge in [-0.3, -0.25) is 14.4 Å². The van der Waals surface area contributed by atoms with Crippen molar-refractivity contribution in [1.29, 1.82) is 0 Å². The Hall–Kier alpha value is -5.13. The van der Waals surface area contributed by atoms with Crippen molar-refractivity contribution >= 4 is 50.2 Å². The summed E-state index contributed by atoms with van der Waals surface area (Å²) in [6, 6.07) is 11.4. The lowest BCUT2D eigenvalue weighted by Crippen LogP contribution is -2.46. The Morgan fingerprint density at radius 3 is 0.745 bits per heavy atom. The van der Waals surface area contributed by atoms with Gasteiger partial charge in [0.25, 0.3) is 17.4 Å². The Morgan fingerprint density at radius 2 is 0.608 bits per heavy atom. The monoisotopic (exact) mass is 702 g/mol. The van der Waals surface area contributed by atoms with E-state index in [1.807, 2.05) is 77.9 Å².